The zero-order valence-corrected chi connectivity index (χ0v) is 7.91. The molecule has 1 amide bonds. The summed E-state index contributed by atoms with van der Waals surface area (Å²) in [6.45, 7) is 2.04. The standard InChI is InChI=1S/C8H14N2O4/c1-5(11)6(12)10-8(7(13)14)2-3-9-4-8/h5,9,11H,2-4H2,1H3,(H,10,12)(H,13,14)/t5-,8?/m0/s1. The second kappa shape index (κ2) is 3.93. The van der Waals surface area contributed by atoms with Crippen molar-refractivity contribution >= 4 is 11.9 Å². The Balaban J connectivity index is 2.70. The number of carboxylic acid groups (broad SMARTS) is 1. The van der Waals surface area contributed by atoms with Crippen molar-refractivity contribution in [1.82, 2.24) is 10.6 Å². The maximum Gasteiger partial charge on any atom is 0.330 e. The topological polar surface area (TPSA) is 98.7 Å². The van der Waals surface area contributed by atoms with Crippen LogP contribution in [-0.2, 0) is 9.59 Å². The zero-order chi connectivity index (χ0) is 10.8. The Morgan fingerprint density at radius 1 is 1.57 bits per heavy atom. The minimum atomic E-state index is -1.26. The highest BCUT2D eigenvalue weighted by molar-refractivity contribution is 5.89. The van der Waals surface area contributed by atoms with Crippen LogP contribution in [0.1, 0.15) is 13.3 Å². The number of carbonyl (C=O) groups is 2. The second-order valence-electron chi connectivity index (χ2n) is 3.48. The lowest BCUT2D eigenvalue weighted by atomic mass is 9.98. The van der Waals surface area contributed by atoms with Crippen molar-refractivity contribution in [2.24, 2.45) is 0 Å². The third-order valence-electron chi connectivity index (χ3n) is 2.31. The third-order valence-corrected chi connectivity index (χ3v) is 2.31. The van der Waals surface area contributed by atoms with Crippen LogP contribution in [0.5, 0.6) is 0 Å². The molecule has 0 aromatic heterocycles. The second-order valence-corrected chi connectivity index (χ2v) is 3.48. The average Bonchev–Trinajstić information content (AvgIpc) is 2.53. The van der Waals surface area contributed by atoms with Crippen LogP contribution in [0.3, 0.4) is 0 Å². The molecule has 0 aromatic rings. The summed E-state index contributed by atoms with van der Waals surface area (Å²) < 4.78 is 0. The number of hydrogen-bond acceptors (Lipinski definition) is 4. The van der Waals surface area contributed by atoms with Crippen molar-refractivity contribution in [3.8, 4) is 0 Å². The van der Waals surface area contributed by atoms with E-state index in [0.717, 1.165) is 0 Å². The van der Waals surface area contributed by atoms with Gasteiger partial charge in [-0.15, -0.1) is 0 Å². The predicted octanol–water partition coefficient (Wildman–Crippen LogP) is -1.70. The van der Waals surface area contributed by atoms with Crippen LogP contribution in [0.15, 0.2) is 0 Å². The molecular weight excluding hydrogens is 188 g/mol. The van der Waals surface area contributed by atoms with Gasteiger partial charge in [-0.2, -0.15) is 0 Å². The summed E-state index contributed by atoms with van der Waals surface area (Å²) in [5, 5.41) is 23.1. The molecule has 1 aliphatic heterocycles. The molecule has 0 aromatic carbocycles. The maximum absolute atomic E-state index is 11.2. The summed E-state index contributed by atoms with van der Waals surface area (Å²) in [6.07, 6.45) is -0.854. The summed E-state index contributed by atoms with van der Waals surface area (Å²) in [7, 11) is 0. The highest BCUT2D eigenvalue weighted by Gasteiger charge is 2.43. The van der Waals surface area contributed by atoms with E-state index in [2.05, 4.69) is 10.6 Å². The molecule has 1 rings (SSSR count). The molecule has 14 heavy (non-hydrogen) atoms. The van der Waals surface area contributed by atoms with Crippen molar-refractivity contribution in [2.75, 3.05) is 13.1 Å². The molecule has 1 heterocycles. The lowest BCUT2D eigenvalue weighted by Crippen LogP contribution is -2.57. The van der Waals surface area contributed by atoms with Crippen LogP contribution in [0, 0.1) is 0 Å². The van der Waals surface area contributed by atoms with Gasteiger partial charge in [-0.25, -0.2) is 4.79 Å². The van der Waals surface area contributed by atoms with Gasteiger partial charge in [0.15, 0.2) is 5.54 Å². The lowest BCUT2D eigenvalue weighted by molar-refractivity contribution is -0.148. The first-order valence-electron chi connectivity index (χ1n) is 4.42. The molecule has 80 valence electrons. The van der Waals surface area contributed by atoms with Crippen molar-refractivity contribution in [2.45, 2.75) is 25.0 Å². The van der Waals surface area contributed by atoms with Crippen molar-refractivity contribution in [3.05, 3.63) is 0 Å². The smallest absolute Gasteiger partial charge is 0.330 e. The molecule has 1 saturated heterocycles. The Morgan fingerprint density at radius 3 is 2.57 bits per heavy atom. The van der Waals surface area contributed by atoms with Gasteiger partial charge in [-0.05, 0) is 19.9 Å². The van der Waals surface area contributed by atoms with Gasteiger partial charge in [-0.1, -0.05) is 0 Å². The van der Waals surface area contributed by atoms with Crippen molar-refractivity contribution in [3.63, 3.8) is 0 Å². The molecule has 6 nitrogen and oxygen atoms in total. The van der Waals surface area contributed by atoms with Gasteiger partial charge < -0.3 is 20.8 Å². The first kappa shape index (κ1) is 10.9. The fourth-order valence-corrected chi connectivity index (χ4v) is 1.37. The number of aliphatic carboxylic acids is 1. The maximum atomic E-state index is 11.2. The van der Waals surface area contributed by atoms with E-state index in [1.807, 2.05) is 0 Å². The van der Waals surface area contributed by atoms with E-state index in [0.29, 0.717) is 13.0 Å². The third kappa shape index (κ3) is 2.02. The molecule has 0 spiro atoms. The van der Waals surface area contributed by atoms with Gasteiger partial charge in [-0.3, -0.25) is 4.79 Å². The summed E-state index contributed by atoms with van der Waals surface area (Å²) in [5.41, 5.74) is -1.26. The van der Waals surface area contributed by atoms with E-state index < -0.39 is 23.5 Å². The van der Waals surface area contributed by atoms with E-state index in [9.17, 15) is 9.59 Å². The molecule has 2 atom stereocenters. The lowest BCUT2D eigenvalue weighted by Gasteiger charge is -2.25. The molecule has 0 bridgehead atoms. The van der Waals surface area contributed by atoms with Crippen LogP contribution in [0.2, 0.25) is 0 Å². The number of hydrogen-bond donors (Lipinski definition) is 4. The van der Waals surface area contributed by atoms with Crippen LogP contribution in [0.4, 0.5) is 0 Å². The Hall–Kier alpha value is -1.14. The van der Waals surface area contributed by atoms with Gasteiger partial charge in [0.25, 0.3) is 0 Å². The van der Waals surface area contributed by atoms with E-state index in [-0.39, 0.29) is 6.54 Å². The molecule has 1 fully saturated rings. The molecule has 0 radical (unpaired) electrons. The van der Waals surface area contributed by atoms with Gasteiger partial charge in [0.1, 0.15) is 6.10 Å². The number of aliphatic hydroxyl groups excluding tert-OH is 1. The molecule has 6 heteroatoms. The largest absolute Gasteiger partial charge is 0.479 e. The van der Waals surface area contributed by atoms with Gasteiger partial charge in [0.2, 0.25) is 5.91 Å². The van der Waals surface area contributed by atoms with Crippen molar-refractivity contribution < 1.29 is 19.8 Å². The Labute approximate surface area is 81.3 Å². The monoisotopic (exact) mass is 202 g/mol. The number of carboxylic acids is 1. The highest BCUT2D eigenvalue weighted by Crippen LogP contribution is 2.14. The van der Waals surface area contributed by atoms with Gasteiger partial charge in [0, 0.05) is 6.54 Å². The zero-order valence-electron chi connectivity index (χ0n) is 7.91. The predicted molar refractivity (Wildman–Crippen MR) is 47.7 cm³/mol. The first-order chi connectivity index (χ1) is 6.48. The molecule has 4 N–H and O–H groups in total. The van der Waals surface area contributed by atoms with Crippen molar-refractivity contribution in [1.29, 1.82) is 0 Å². The number of aliphatic hydroxyl groups is 1. The van der Waals surface area contributed by atoms with Crippen LogP contribution in [0.25, 0.3) is 0 Å². The Kier molecular flexibility index (Phi) is 3.07. The highest BCUT2D eigenvalue weighted by atomic mass is 16.4. The van der Waals surface area contributed by atoms with E-state index in [1.165, 1.54) is 6.92 Å². The quantitative estimate of drug-likeness (QED) is 0.437. The summed E-state index contributed by atoms with van der Waals surface area (Å²) in [4.78, 5) is 22.1. The van der Waals surface area contributed by atoms with Gasteiger partial charge in [0.05, 0.1) is 0 Å². The van der Waals surface area contributed by atoms with E-state index in [1.54, 1.807) is 0 Å². The number of carbonyl (C=O) groups excluding carboxylic acids is 1. The SMILES string of the molecule is C[C@H](O)C(=O)NC1(C(=O)O)CCNC1. The fourth-order valence-electron chi connectivity index (χ4n) is 1.37. The number of amides is 1. The van der Waals surface area contributed by atoms with Gasteiger partial charge >= 0.3 is 5.97 Å². The fraction of sp³-hybridized carbons (Fsp3) is 0.750. The molecule has 1 aliphatic rings. The molecule has 0 saturated carbocycles. The minimum Gasteiger partial charge on any atom is -0.479 e. The summed E-state index contributed by atoms with van der Waals surface area (Å²) in [6, 6.07) is 0. The summed E-state index contributed by atoms with van der Waals surface area (Å²) in [5.74, 6) is -1.73. The van der Waals surface area contributed by atoms with Crippen LogP contribution >= 0.6 is 0 Å². The first-order valence-corrected chi connectivity index (χ1v) is 4.42. The summed E-state index contributed by atoms with van der Waals surface area (Å²) >= 11 is 0. The average molecular weight is 202 g/mol. The Bertz CT molecular complexity index is 246. The molecular formula is C8H14N2O4. The minimum absolute atomic E-state index is 0.195. The van der Waals surface area contributed by atoms with Crippen LogP contribution < -0.4 is 10.6 Å². The number of rotatable bonds is 3. The normalized spacial score (nSPS) is 28.4. The van der Waals surface area contributed by atoms with E-state index in [4.69, 9.17) is 10.2 Å². The van der Waals surface area contributed by atoms with E-state index >= 15 is 0 Å². The molecule has 0 aliphatic carbocycles. The Morgan fingerprint density at radius 2 is 2.21 bits per heavy atom. The number of nitrogens with one attached hydrogen (secondary N) is 2. The van der Waals surface area contributed by atoms with Crippen LogP contribution in [-0.4, -0.2) is 46.8 Å². The molecule has 1 unspecified atom stereocenters.